The summed E-state index contributed by atoms with van der Waals surface area (Å²) in [6.45, 7) is 2.19. The van der Waals surface area contributed by atoms with Gasteiger partial charge < -0.3 is 0 Å². The van der Waals surface area contributed by atoms with E-state index >= 15 is 0 Å². The first-order chi connectivity index (χ1) is 4.83. The van der Waals surface area contributed by atoms with Crippen molar-refractivity contribution in [3.8, 4) is 0 Å². The van der Waals surface area contributed by atoms with Gasteiger partial charge >= 0.3 is 0 Å². The second-order valence-electron chi connectivity index (χ2n) is 2.19. The molecular weight excluding hydrogens is 180 g/mol. The van der Waals surface area contributed by atoms with E-state index in [0.717, 1.165) is 4.58 Å². The summed E-state index contributed by atoms with van der Waals surface area (Å²) in [4.78, 5) is 1.48. The van der Waals surface area contributed by atoms with Crippen LogP contribution in [-0.4, -0.2) is 16.6 Å². The van der Waals surface area contributed by atoms with Gasteiger partial charge in [-0.15, -0.1) is 23.5 Å². The fourth-order valence-corrected chi connectivity index (χ4v) is 4.03. The maximum absolute atomic E-state index is 2.27. The summed E-state index contributed by atoms with van der Waals surface area (Å²) in [5.74, 6) is 1.30. The molecule has 0 nitrogen and oxygen atoms in total. The molecule has 1 atom stereocenters. The maximum Gasteiger partial charge on any atom is 0.0595 e. The minimum Gasteiger partial charge on any atom is -0.165 e. The summed E-state index contributed by atoms with van der Waals surface area (Å²) in [6.07, 6.45) is 3.51. The lowest BCUT2D eigenvalue weighted by Crippen LogP contribution is -1.93. The molecule has 0 amide bonds. The largest absolute Gasteiger partial charge is 0.165 e. The summed E-state index contributed by atoms with van der Waals surface area (Å²) >= 11 is 5.93. The van der Waals surface area contributed by atoms with Gasteiger partial charge in [-0.2, -0.15) is 11.8 Å². The van der Waals surface area contributed by atoms with Crippen LogP contribution in [-0.2, 0) is 0 Å². The van der Waals surface area contributed by atoms with Gasteiger partial charge in [0, 0.05) is 0 Å². The first kappa shape index (κ1) is 8.88. The molecule has 0 bridgehead atoms. The minimum atomic E-state index is 0.812. The van der Waals surface area contributed by atoms with Gasteiger partial charge in [-0.3, -0.25) is 0 Å². The fraction of sp³-hybridized carbons (Fsp3) is 0.714. The van der Waals surface area contributed by atoms with Gasteiger partial charge in [0.1, 0.15) is 0 Å². The fourth-order valence-electron chi connectivity index (χ4n) is 0.776. The lowest BCUT2D eigenvalue weighted by molar-refractivity contribution is 1.08. The molecule has 0 saturated carbocycles. The van der Waals surface area contributed by atoms with Crippen molar-refractivity contribution >= 4 is 35.3 Å². The van der Waals surface area contributed by atoms with Crippen LogP contribution in [0.1, 0.15) is 13.3 Å². The Morgan fingerprint density at radius 1 is 1.70 bits per heavy atom. The predicted molar refractivity (Wildman–Crippen MR) is 55.7 cm³/mol. The van der Waals surface area contributed by atoms with Crippen molar-refractivity contribution in [1.29, 1.82) is 0 Å². The molecule has 0 aromatic rings. The van der Waals surface area contributed by atoms with Crippen molar-refractivity contribution in [1.82, 2.24) is 0 Å². The Morgan fingerprint density at radius 2 is 2.50 bits per heavy atom. The maximum atomic E-state index is 2.27. The number of rotatable bonds is 3. The topological polar surface area (TPSA) is 0 Å². The van der Waals surface area contributed by atoms with Crippen LogP contribution >= 0.6 is 35.3 Å². The van der Waals surface area contributed by atoms with Gasteiger partial charge in [0.25, 0.3) is 0 Å². The molecule has 3 heteroatoms. The van der Waals surface area contributed by atoms with Gasteiger partial charge in [0.2, 0.25) is 0 Å². The lowest BCUT2D eigenvalue weighted by atomic mass is 10.6. The smallest absolute Gasteiger partial charge is 0.0595 e. The number of hydrogen-bond acceptors (Lipinski definition) is 3. The molecule has 0 fully saturated rings. The zero-order valence-electron chi connectivity index (χ0n) is 6.29. The van der Waals surface area contributed by atoms with Crippen molar-refractivity contribution in [2.75, 3.05) is 12.0 Å². The molecule has 0 saturated heterocycles. The van der Waals surface area contributed by atoms with E-state index in [0.29, 0.717) is 0 Å². The van der Waals surface area contributed by atoms with E-state index in [1.807, 2.05) is 35.3 Å². The van der Waals surface area contributed by atoms with Crippen molar-refractivity contribution in [2.24, 2.45) is 0 Å². The highest BCUT2D eigenvalue weighted by Gasteiger charge is 2.14. The third kappa shape index (κ3) is 2.81. The van der Waals surface area contributed by atoms with Crippen molar-refractivity contribution < 1.29 is 0 Å². The molecule has 0 aliphatic carbocycles. The SMILES string of the molecule is CSCCC1SC=C(C)S1. The van der Waals surface area contributed by atoms with Crippen LogP contribution in [0.15, 0.2) is 10.3 Å². The van der Waals surface area contributed by atoms with Gasteiger partial charge in [0.05, 0.1) is 4.58 Å². The minimum absolute atomic E-state index is 0.812. The molecule has 0 spiro atoms. The molecule has 1 rings (SSSR count). The molecular formula is C7H12S3. The van der Waals surface area contributed by atoms with Gasteiger partial charge in [0.15, 0.2) is 0 Å². The van der Waals surface area contributed by atoms with E-state index < -0.39 is 0 Å². The van der Waals surface area contributed by atoms with Crippen LogP contribution in [0.3, 0.4) is 0 Å². The highest BCUT2D eigenvalue weighted by molar-refractivity contribution is 8.23. The molecule has 1 unspecified atom stereocenters. The summed E-state index contributed by atoms with van der Waals surface area (Å²) in [5, 5.41) is 2.27. The van der Waals surface area contributed by atoms with Gasteiger partial charge in [-0.1, -0.05) is 0 Å². The predicted octanol–water partition coefficient (Wildman–Crippen LogP) is 3.41. The van der Waals surface area contributed by atoms with E-state index in [1.54, 1.807) is 0 Å². The Morgan fingerprint density at radius 3 is 3.00 bits per heavy atom. The second-order valence-corrected chi connectivity index (χ2v) is 6.00. The summed E-state index contributed by atoms with van der Waals surface area (Å²) < 4.78 is 0.812. The number of hydrogen-bond donors (Lipinski definition) is 0. The molecule has 10 heavy (non-hydrogen) atoms. The lowest BCUT2D eigenvalue weighted by Gasteiger charge is -2.05. The molecule has 1 heterocycles. The highest BCUT2D eigenvalue weighted by atomic mass is 32.2. The second kappa shape index (κ2) is 4.62. The third-order valence-electron chi connectivity index (χ3n) is 1.26. The van der Waals surface area contributed by atoms with Crippen LogP contribution in [0.2, 0.25) is 0 Å². The average Bonchev–Trinajstić information content (AvgIpc) is 2.31. The van der Waals surface area contributed by atoms with E-state index in [-0.39, 0.29) is 0 Å². The highest BCUT2D eigenvalue weighted by Crippen LogP contribution is 2.41. The van der Waals surface area contributed by atoms with Crippen LogP contribution in [0, 0.1) is 0 Å². The average molecular weight is 192 g/mol. The molecule has 1 aliphatic heterocycles. The van der Waals surface area contributed by atoms with E-state index in [4.69, 9.17) is 0 Å². The molecule has 0 aromatic heterocycles. The summed E-state index contributed by atoms with van der Waals surface area (Å²) in [5.41, 5.74) is 0. The molecule has 58 valence electrons. The van der Waals surface area contributed by atoms with E-state index in [1.165, 1.54) is 17.1 Å². The van der Waals surface area contributed by atoms with E-state index in [9.17, 15) is 0 Å². The first-order valence-electron chi connectivity index (χ1n) is 3.31. The standard InChI is InChI=1S/C7H12S3/c1-6-5-9-7(10-6)3-4-8-2/h5,7H,3-4H2,1-2H3. The quantitative estimate of drug-likeness (QED) is 0.672. The van der Waals surface area contributed by atoms with E-state index in [2.05, 4.69) is 18.6 Å². The van der Waals surface area contributed by atoms with Crippen molar-refractivity contribution in [3.05, 3.63) is 10.3 Å². The van der Waals surface area contributed by atoms with Crippen LogP contribution in [0.4, 0.5) is 0 Å². The van der Waals surface area contributed by atoms with Crippen molar-refractivity contribution in [2.45, 2.75) is 17.9 Å². The van der Waals surface area contributed by atoms with Gasteiger partial charge in [-0.25, -0.2) is 0 Å². The Labute approximate surface area is 75.6 Å². The zero-order chi connectivity index (χ0) is 7.40. The number of allylic oxidation sites excluding steroid dienone is 1. The Kier molecular flexibility index (Phi) is 4.11. The Balaban J connectivity index is 2.11. The molecule has 0 radical (unpaired) electrons. The monoisotopic (exact) mass is 192 g/mol. The van der Waals surface area contributed by atoms with Crippen LogP contribution in [0.5, 0.6) is 0 Å². The third-order valence-corrected chi connectivity index (χ3v) is 4.69. The van der Waals surface area contributed by atoms with Crippen LogP contribution in [0.25, 0.3) is 0 Å². The Bertz CT molecular complexity index is 131. The number of thioether (sulfide) groups is 3. The molecule has 0 N–H and O–H groups in total. The van der Waals surface area contributed by atoms with Gasteiger partial charge in [-0.05, 0) is 35.7 Å². The zero-order valence-corrected chi connectivity index (χ0v) is 8.74. The van der Waals surface area contributed by atoms with Crippen LogP contribution < -0.4 is 0 Å². The summed E-state index contributed by atoms with van der Waals surface area (Å²) in [7, 11) is 0. The molecule has 1 aliphatic rings. The molecule has 0 aromatic carbocycles. The summed E-state index contributed by atoms with van der Waals surface area (Å²) in [6, 6.07) is 0. The first-order valence-corrected chi connectivity index (χ1v) is 6.52. The normalized spacial score (nSPS) is 25.0. The van der Waals surface area contributed by atoms with Crippen molar-refractivity contribution in [3.63, 3.8) is 0 Å². The Hall–Kier alpha value is 0.790.